The molecule has 1 aromatic heterocycles. The highest BCUT2D eigenvalue weighted by Gasteiger charge is 2.56. The van der Waals surface area contributed by atoms with Crippen molar-refractivity contribution in [2.24, 2.45) is 23.2 Å². The summed E-state index contributed by atoms with van der Waals surface area (Å²) in [5, 5.41) is 0.655. The number of benzene rings is 1. The van der Waals surface area contributed by atoms with Crippen molar-refractivity contribution in [2.45, 2.75) is 38.5 Å². The smallest absolute Gasteiger partial charge is 0.235 e. The zero-order valence-electron chi connectivity index (χ0n) is 16.7. The van der Waals surface area contributed by atoms with Crippen LogP contribution in [0.15, 0.2) is 18.2 Å². The summed E-state index contributed by atoms with van der Waals surface area (Å²) in [7, 11) is 4.04. The van der Waals surface area contributed by atoms with E-state index in [1.54, 1.807) is 6.07 Å². The molecule has 0 aliphatic heterocycles. The average Bonchev–Trinajstić information content (AvgIpc) is 3.06. The van der Waals surface area contributed by atoms with E-state index >= 15 is 0 Å². The Kier molecular flexibility index (Phi) is 4.47. The van der Waals surface area contributed by atoms with Crippen LogP contribution < -0.4 is 4.90 Å². The summed E-state index contributed by atoms with van der Waals surface area (Å²) in [5.41, 5.74) is 0.174. The molecule has 150 valence electrons. The molecule has 1 aromatic carbocycles. The molecule has 0 spiro atoms. The van der Waals surface area contributed by atoms with Gasteiger partial charge in [0.1, 0.15) is 11.3 Å². The molecule has 4 aliphatic carbocycles. The van der Waals surface area contributed by atoms with Crippen LogP contribution in [0.5, 0.6) is 0 Å². The van der Waals surface area contributed by atoms with E-state index in [0.717, 1.165) is 48.3 Å². The fourth-order valence-corrected chi connectivity index (χ4v) is 7.27. The third kappa shape index (κ3) is 3.05. The second-order valence-electron chi connectivity index (χ2n) is 9.54. The maximum absolute atomic E-state index is 14.2. The molecule has 4 bridgehead atoms. The van der Waals surface area contributed by atoms with E-state index in [1.807, 2.05) is 25.1 Å². The number of hydrogen-bond acceptors (Lipinski definition) is 4. The number of nitrogens with zero attached hydrogens (tertiary/aromatic N) is 3. The van der Waals surface area contributed by atoms with Gasteiger partial charge in [-0.1, -0.05) is 17.4 Å². The van der Waals surface area contributed by atoms with E-state index in [9.17, 15) is 9.18 Å². The molecule has 28 heavy (non-hydrogen) atoms. The number of carbonyl (C=O) groups is 1. The van der Waals surface area contributed by atoms with E-state index < -0.39 is 0 Å². The SMILES string of the molecule is CN(C)CCN(C(=O)C12CC3CC(CC(C3)C1)C2)c1nc2c(F)cccc2s1. The highest BCUT2D eigenvalue weighted by atomic mass is 32.1. The molecule has 1 amide bonds. The van der Waals surface area contributed by atoms with Crippen molar-refractivity contribution in [2.75, 3.05) is 32.1 Å². The maximum Gasteiger partial charge on any atom is 0.235 e. The molecule has 0 saturated heterocycles. The Morgan fingerprint density at radius 2 is 1.79 bits per heavy atom. The predicted molar refractivity (Wildman–Crippen MR) is 111 cm³/mol. The van der Waals surface area contributed by atoms with Crippen molar-refractivity contribution in [3.63, 3.8) is 0 Å². The van der Waals surface area contributed by atoms with E-state index in [1.165, 1.54) is 36.7 Å². The Morgan fingerprint density at radius 3 is 2.36 bits per heavy atom. The van der Waals surface area contributed by atoms with Crippen molar-refractivity contribution >= 4 is 32.6 Å². The number of likely N-dealkylation sites (N-methyl/N-ethyl adjacent to an activating group) is 1. The zero-order valence-corrected chi connectivity index (χ0v) is 17.5. The third-order valence-corrected chi connectivity index (χ3v) is 8.14. The minimum absolute atomic E-state index is 0.211. The summed E-state index contributed by atoms with van der Waals surface area (Å²) < 4.78 is 15.0. The first-order valence-corrected chi connectivity index (χ1v) is 11.3. The summed E-state index contributed by atoms with van der Waals surface area (Å²) in [4.78, 5) is 22.5. The minimum atomic E-state index is -0.310. The minimum Gasteiger partial charge on any atom is -0.308 e. The number of aromatic nitrogens is 1. The summed E-state index contributed by atoms with van der Waals surface area (Å²) in [6.07, 6.45) is 7.06. The topological polar surface area (TPSA) is 36.4 Å². The number of anilines is 1. The Hall–Kier alpha value is -1.53. The van der Waals surface area contributed by atoms with Crippen molar-refractivity contribution in [3.8, 4) is 0 Å². The standard InChI is InChI=1S/C22H28FN3OS/c1-25(2)6-7-26(21-24-19-17(23)4-3-5-18(19)28-21)20(27)22-11-14-8-15(12-22)10-16(9-14)13-22/h3-5,14-16H,6-13H2,1-2H3. The van der Waals surface area contributed by atoms with Gasteiger partial charge < -0.3 is 4.90 Å². The van der Waals surface area contributed by atoms with Crippen LogP contribution in [0.4, 0.5) is 9.52 Å². The van der Waals surface area contributed by atoms with E-state index in [2.05, 4.69) is 9.88 Å². The molecule has 4 aliphatic rings. The number of carbonyl (C=O) groups excluding carboxylic acids is 1. The van der Waals surface area contributed by atoms with Gasteiger partial charge in [-0.25, -0.2) is 9.37 Å². The molecule has 2 aromatic rings. The Labute approximate surface area is 169 Å². The van der Waals surface area contributed by atoms with Crippen LogP contribution in [-0.4, -0.2) is 43.0 Å². The number of hydrogen-bond donors (Lipinski definition) is 0. The highest BCUT2D eigenvalue weighted by molar-refractivity contribution is 7.22. The lowest BCUT2D eigenvalue weighted by Crippen LogP contribution is -2.55. The quantitative estimate of drug-likeness (QED) is 0.738. The second kappa shape index (κ2) is 6.77. The van der Waals surface area contributed by atoms with Crippen molar-refractivity contribution < 1.29 is 9.18 Å². The molecule has 0 unspecified atom stereocenters. The largest absolute Gasteiger partial charge is 0.308 e. The number of amides is 1. The van der Waals surface area contributed by atoms with Gasteiger partial charge in [-0.2, -0.15) is 0 Å². The lowest BCUT2D eigenvalue weighted by Gasteiger charge is -2.56. The van der Waals surface area contributed by atoms with Gasteiger partial charge in [0, 0.05) is 13.1 Å². The number of rotatable bonds is 5. The van der Waals surface area contributed by atoms with E-state index in [-0.39, 0.29) is 17.1 Å². The monoisotopic (exact) mass is 401 g/mol. The van der Waals surface area contributed by atoms with Gasteiger partial charge in [0.25, 0.3) is 0 Å². The van der Waals surface area contributed by atoms with E-state index in [0.29, 0.717) is 17.2 Å². The number of halogens is 1. The first-order chi connectivity index (χ1) is 13.4. The Balaban J connectivity index is 1.51. The van der Waals surface area contributed by atoms with Gasteiger partial charge in [0.2, 0.25) is 5.91 Å². The first-order valence-electron chi connectivity index (χ1n) is 10.5. The van der Waals surface area contributed by atoms with Crippen molar-refractivity contribution in [3.05, 3.63) is 24.0 Å². The number of thiazole rings is 1. The summed E-state index contributed by atoms with van der Waals surface area (Å²) in [6.45, 7) is 1.38. The lowest BCUT2D eigenvalue weighted by atomic mass is 9.49. The average molecular weight is 402 g/mol. The molecule has 0 radical (unpaired) electrons. The van der Waals surface area contributed by atoms with Crippen LogP contribution >= 0.6 is 11.3 Å². The second-order valence-corrected chi connectivity index (χ2v) is 10.6. The molecule has 6 rings (SSSR count). The van der Waals surface area contributed by atoms with Crippen molar-refractivity contribution in [1.82, 2.24) is 9.88 Å². The molecule has 4 nitrogen and oxygen atoms in total. The van der Waals surface area contributed by atoms with Gasteiger partial charge in [-0.05, 0) is 82.5 Å². The molecular formula is C22H28FN3OS. The maximum atomic E-state index is 14.2. The molecule has 6 heteroatoms. The normalized spacial score (nSPS) is 31.1. The van der Waals surface area contributed by atoms with Gasteiger partial charge in [-0.15, -0.1) is 0 Å². The molecule has 1 heterocycles. The fourth-order valence-electron chi connectivity index (χ4n) is 6.26. The highest BCUT2D eigenvalue weighted by Crippen LogP contribution is 2.60. The molecular weight excluding hydrogens is 373 g/mol. The predicted octanol–water partition coefficient (Wildman–Crippen LogP) is 4.55. The van der Waals surface area contributed by atoms with Gasteiger partial charge in [0.05, 0.1) is 10.1 Å². The lowest BCUT2D eigenvalue weighted by molar-refractivity contribution is -0.143. The van der Waals surface area contributed by atoms with Gasteiger partial charge >= 0.3 is 0 Å². The number of para-hydroxylation sites is 1. The molecule has 0 N–H and O–H groups in total. The fraction of sp³-hybridized carbons (Fsp3) is 0.636. The molecule has 4 saturated carbocycles. The first kappa shape index (κ1) is 18.5. The number of fused-ring (bicyclic) bond motifs is 1. The van der Waals surface area contributed by atoms with Crippen LogP contribution in [0.25, 0.3) is 10.2 Å². The molecule has 0 atom stereocenters. The Bertz CT molecular complexity index is 873. The van der Waals surface area contributed by atoms with Crippen LogP contribution in [0.1, 0.15) is 38.5 Å². The van der Waals surface area contributed by atoms with Crippen molar-refractivity contribution in [1.29, 1.82) is 0 Å². The van der Waals surface area contributed by atoms with Crippen LogP contribution in [0, 0.1) is 29.0 Å². The molecule has 4 fully saturated rings. The van der Waals surface area contributed by atoms with Crippen LogP contribution in [0.3, 0.4) is 0 Å². The van der Waals surface area contributed by atoms with Gasteiger partial charge in [0.15, 0.2) is 5.13 Å². The van der Waals surface area contributed by atoms with Crippen LogP contribution in [0.2, 0.25) is 0 Å². The summed E-state index contributed by atoms with van der Waals surface area (Å²) >= 11 is 1.44. The summed E-state index contributed by atoms with van der Waals surface area (Å²) in [5.74, 6) is 2.10. The summed E-state index contributed by atoms with van der Waals surface area (Å²) in [6, 6.07) is 5.04. The van der Waals surface area contributed by atoms with Gasteiger partial charge in [-0.3, -0.25) is 9.69 Å². The Morgan fingerprint density at radius 1 is 1.14 bits per heavy atom. The van der Waals surface area contributed by atoms with Crippen LogP contribution in [-0.2, 0) is 4.79 Å². The third-order valence-electron chi connectivity index (χ3n) is 7.10. The zero-order chi connectivity index (χ0) is 19.5. The van der Waals surface area contributed by atoms with E-state index in [4.69, 9.17) is 0 Å².